The van der Waals surface area contributed by atoms with Gasteiger partial charge in [-0.1, -0.05) is 60.7 Å². The standard InChI is InChI=1S/C31H43N3O4/c1-30(2,32)27(35)18-26(22-38-21-25-14-9-6-10-15-25)29(37)34-17-11-16-31(23-34,28(36)20-33(3)4)19-24-12-7-5-8-13-24/h5-10,12-15,26H,11,16-23,32H2,1-4H3/t26-,31-/m1/s1. The fourth-order valence-electron chi connectivity index (χ4n) is 5.09. The number of amides is 1. The number of benzene rings is 2. The van der Waals surface area contributed by atoms with E-state index in [9.17, 15) is 14.4 Å². The number of carbonyl (C=O) groups excluding carboxylic acids is 3. The summed E-state index contributed by atoms with van der Waals surface area (Å²) in [5.74, 6) is -0.855. The molecule has 1 aliphatic heterocycles. The number of carbonyl (C=O) groups is 3. The quantitative estimate of drug-likeness (QED) is 0.434. The molecule has 0 bridgehead atoms. The molecule has 7 nitrogen and oxygen atoms in total. The minimum atomic E-state index is -1.04. The molecule has 0 spiro atoms. The summed E-state index contributed by atoms with van der Waals surface area (Å²) >= 11 is 0. The first-order valence-corrected chi connectivity index (χ1v) is 13.4. The predicted molar refractivity (Wildman–Crippen MR) is 149 cm³/mol. The van der Waals surface area contributed by atoms with Crippen LogP contribution in [0.2, 0.25) is 0 Å². The van der Waals surface area contributed by atoms with Crippen LogP contribution in [0.5, 0.6) is 0 Å². The lowest BCUT2D eigenvalue weighted by Crippen LogP contribution is -2.54. The zero-order valence-electron chi connectivity index (χ0n) is 23.3. The molecular weight excluding hydrogens is 478 g/mol. The molecule has 1 heterocycles. The van der Waals surface area contributed by atoms with E-state index in [1.54, 1.807) is 18.7 Å². The number of likely N-dealkylation sites (N-methyl/N-ethyl adjacent to an activating group) is 1. The average molecular weight is 522 g/mol. The maximum absolute atomic E-state index is 13.9. The van der Waals surface area contributed by atoms with E-state index >= 15 is 0 Å². The van der Waals surface area contributed by atoms with Crippen molar-refractivity contribution in [2.75, 3.05) is 40.3 Å². The largest absolute Gasteiger partial charge is 0.376 e. The van der Waals surface area contributed by atoms with Gasteiger partial charge < -0.3 is 20.3 Å². The van der Waals surface area contributed by atoms with E-state index in [2.05, 4.69) is 0 Å². The minimum absolute atomic E-state index is 0.00491. The van der Waals surface area contributed by atoms with E-state index < -0.39 is 16.9 Å². The van der Waals surface area contributed by atoms with Crippen LogP contribution >= 0.6 is 0 Å². The number of ether oxygens (including phenoxy) is 1. The van der Waals surface area contributed by atoms with E-state index in [4.69, 9.17) is 10.5 Å². The summed E-state index contributed by atoms with van der Waals surface area (Å²) in [6.07, 6.45) is 2.03. The van der Waals surface area contributed by atoms with Crippen LogP contribution < -0.4 is 5.73 Å². The molecule has 2 N–H and O–H groups in total. The topological polar surface area (TPSA) is 92.9 Å². The van der Waals surface area contributed by atoms with Gasteiger partial charge in [0, 0.05) is 19.5 Å². The van der Waals surface area contributed by atoms with Gasteiger partial charge in [-0.05, 0) is 58.3 Å². The lowest BCUT2D eigenvalue weighted by Gasteiger charge is -2.43. The third-order valence-corrected chi connectivity index (χ3v) is 7.26. The van der Waals surface area contributed by atoms with Crippen LogP contribution in [0.1, 0.15) is 44.2 Å². The van der Waals surface area contributed by atoms with Gasteiger partial charge in [-0.15, -0.1) is 0 Å². The van der Waals surface area contributed by atoms with E-state index in [1.165, 1.54) is 0 Å². The summed E-state index contributed by atoms with van der Waals surface area (Å²) < 4.78 is 5.94. The van der Waals surface area contributed by atoms with Crippen LogP contribution in [0.3, 0.4) is 0 Å². The van der Waals surface area contributed by atoms with Crippen molar-refractivity contribution < 1.29 is 19.1 Å². The number of rotatable bonds is 13. The Morgan fingerprint density at radius 1 is 1.03 bits per heavy atom. The fourth-order valence-corrected chi connectivity index (χ4v) is 5.09. The second-order valence-corrected chi connectivity index (χ2v) is 11.5. The molecule has 2 aromatic carbocycles. The van der Waals surface area contributed by atoms with Crippen LogP contribution in [0.25, 0.3) is 0 Å². The SMILES string of the molecule is CN(C)CC(=O)[C@@]1(Cc2ccccc2)CCCN(C(=O)[C@@H](COCc2ccccc2)CC(=O)C(C)(C)N)C1. The van der Waals surface area contributed by atoms with Crippen LogP contribution in [0.4, 0.5) is 0 Å². The Kier molecular flexibility index (Phi) is 10.4. The third kappa shape index (κ3) is 8.32. The maximum Gasteiger partial charge on any atom is 0.228 e. The Morgan fingerprint density at radius 2 is 1.63 bits per heavy atom. The zero-order valence-corrected chi connectivity index (χ0v) is 23.3. The van der Waals surface area contributed by atoms with Crippen molar-refractivity contribution in [3.05, 3.63) is 71.8 Å². The second-order valence-electron chi connectivity index (χ2n) is 11.5. The lowest BCUT2D eigenvalue weighted by atomic mass is 9.71. The van der Waals surface area contributed by atoms with Crippen LogP contribution in [-0.4, -0.2) is 73.1 Å². The Bertz CT molecular complexity index is 1070. The van der Waals surface area contributed by atoms with E-state index in [1.807, 2.05) is 79.7 Å². The fraction of sp³-hybridized carbons (Fsp3) is 0.516. The zero-order chi connectivity index (χ0) is 27.8. The number of ketones is 2. The molecule has 1 saturated heterocycles. The molecule has 3 rings (SSSR count). The first-order valence-electron chi connectivity index (χ1n) is 13.4. The van der Waals surface area contributed by atoms with Gasteiger partial charge in [0.25, 0.3) is 0 Å². The molecule has 2 atom stereocenters. The van der Waals surface area contributed by atoms with Crippen molar-refractivity contribution in [3.63, 3.8) is 0 Å². The van der Waals surface area contributed by atoms with Crippen LogP contribution in [0, 0.1) is 11.3 Å². The van der Waals surface area contributed by atoms with Gasteiger partial charge in [-0.3, -0.25) is 14.4 Å². The molecule has 0 aromatic heterocycles. The molecule has 1 fully saturated rings. The highest BCUT2D eigenvalue weighted by molar-refractivity contribution is 5.92. The average Bonchev–Trinajstić information content (AvgIpc) is 2.88. The van der Waals surface area contributed by atoms with Gasteiger partial charge in [0.05, 0.1) is 36.6 Å². The van der Waals surface area contributed by atoms with Crippen molar-refractivity contribution in [2.24, 2.45) is 17.1 Å². The lowest BCUT2D eigenvalue weighted by molar-refractivity contribution is -0.147. The number of piperidine rings is 1. The summed E-state index contributed by atoms with van der Waals surface area (Å²) in [7, 11) is 3.78. The smallest absolute Gasteiger partial charge is 0.228 e. The van der Waals surface area contributed by atoms with Crippen LogP contribution in [0.15, 0.2) is 60.7 Å². The van der Waals surface area contributed by atoms with E-state index in [-0.39, 0.29) is 30.5 Å². The number of Topliss-reactive ketones (excluding diaryl/α,β-unsaturated/α-hetero) is 2. The number of nitrogens with zero attached hydrogens (tertiary/aromatic N) is 2. The highest BCUT2D eigenvalue weighted by atomic mass is 16.5. The molecule has 0 unspecified atom stereocenters. The third-order valence-electron chi connectivity index (χ3n) is 7.26. The van der Waals surface area contributed by atoms with Crippen molar-refractivity contribution in [3.8, 4) is 0 Å². The van der Waals surface area contributed by atoms with Crippen molar-refractivity contribution in [2.45, 2.75) is 51.7 Å². The summed E-state index contributed by atoms with van der Waals surface area (Å²) in [5, 5.41) is 0. The molecule has 0 saturated carbocycles. The summed E-state index contributed by atoms with van der Waals surface area (Å²) in [6.45, 7) is 5.00. The molecule has 1 aliphatic rings. The summed E-state index contributed by atoms with van der Waals surface area (Å²) in [5.41, 5.74) is 6.44. The van der Waals surface area contributed by atoms with Crippen LogP contribution in [-0.2, 0) is 32.1 Å². The van der Waals surface area contributed by atoms with Crippen molar-refractivity contribution in [1.82, 2.24) is 9.80 Å². The molecule has 206 valence electrons. The predicted octanol–water partition coefficient (Wildman–Crippen LogP) is 3.50. The molecule has 0 radical (unpaired) electrons. The number of likely N-dealkylation sites (tertiary alicyclic amines) is 1. The highest BCUT2D eigenvalue weighted by Crippen LogP contribution is 2.36. The van der Waals surface area contributed by atoms with Gasteiger partial charge in [0.2, 0.25) is 5.91 Å². The van der Waals surface area contributed by atoms with Crippen molar-refractivity contribution in [1.29, 1.82) is 0 Å². The number of hydrogen-bond donors (Lipinski definition) is 1. The monoisotopic (exact) mass is 521 g/mol. The van der Waals surface area contributed by atoms with Gasteiger partial charge in [0.15, 0.2) is 11.6 Å². The molecule has 1 amide bonds. The molecule has 7 heteroatoms. The highest BCUT2D eigenvalue weighted by Gasteiger charge is 2.44. The molecular formula is C31H43N3O4. The normalized spacial score (nSPS) is 18.8. The summed E-state index contributed by atoms with van der Waals surface area (Å²) in [4.78, 5) is 44.1. The maximum atomic E-state index is 13.9. The summed E-state index contributed by atoms with van der Waals surface area (Å²) in [6, 6.07) is 19.7. The number of nitrogens with two attached hydrogens (primary N) is 1. The molecule has 0 aliphatic carbocycles. The first-order chi connectivity index (χ1) is 18.0. The van der Waals surface area contributed by atoms with E-state index in [0.29, 0.717) is 32.7 Å². The Morgan fingerprint density at radius 3 is 2.21 bits per heavy atom. The van der Waals surface area contributed by atoms with Crippen molar-refractivity contribution >= 4 is 17.5 Å². The van der Waals surface area contributed by atoms with Gasteiger partial charge in [-0.2, -0.15) is 0 Å². The molecule has 38 heavy (non-hydrogen) atoms. The Labute approximate surface area is 227 Å². The van der Waals surface area contributed by atoms with Gasteiger partial charge in [-0.25, -0.2) is 0 Å². The van der Waals surface area contributed by atoms with Gasteiger partial charge in [0.1, 0.15) is 0 Å². The molecule has 2 aromatic rings. The Hall–Kier alpha value is -2.87. The first kappa shape index (κ1) is 29.7. The second kappa shape index (κ2) is 13.3. The van der Waals surface area contributed by atoms with Gasteiger partial charge >= 0.3 is 0 Å². The minimum Gasteiger partial charge on any atom is -0.376 e. The Balaban J connectivity index is 1.81. The van der Waals surface area contributed by atoms with E-state index in [0.717, 1.165) is 24.0 Å². The number of hydrogen-bond acceptors (Lipinski definition) is 6.